The summed E-state index contributed by atoms with van der Waals surface area (Å²) in [6, 6.07) is 26.0. The molecule has 4 aromatic rings. The maximum absolute atomic E-state index is 6.03. The fraction of sp³-hybridized carbons (Fsp3) is 0.214. The molecule has 0 unspecified atom stereocenters. The number of ether oxygens (including phenoxy) is 2. The normalized spacial score (nSPS) is 17.5. The molecule has 6 nitrogen and oxygen atoms in total. The highest BCUT2D eigenvalue weighted by Crippen LogP contribution is 2.42. The Morgan fingerprint density at radius 1 is 0.886 bits per heavy atom. The molecule has 2 atom stereocenters. The first-order valence-corrected chi connectivity index (χ1v) is 12.1. The van der Waals surface area contributed by atoms with Crippen molar-refractivity contribution in [2.75, 3.05) is 12.0 Å². The molecule has 5 rings (SSSR count). The number of aromatic nitrogens is 2. The minimum absolute atomic E-state index is 0.0526. The van der Waals surface area contributed by atoms with Gasteiger partial charge in [-0.2, -0.15) is 0 Å². The number of hydrogen-bond acceptors (Lipinski definition) is 4. The topological polar surface area (TPSA) is 51.6 Å². The third-order valence-corrected chi connectivity index (χ3v) is 6.49. The molecule has 1 fully saturated rings. The molecule has 1 N–H and O–H groups in total. The second-order valence-electron chi connectivity index (χ2n) is 8.70. The van der Waals surface area contributed by atoms with Gasteiger partial charge in [-0.3, -0.25) is 4.98 Å². The minimum atomic E-state index is -0.0775. The van der Waals surface area contributed by atoms with E-state index in [1.165, 1.54) is 5.69 Å². The van der Waals surface area contributed by atoms with Crippen molar-refractivity contribution in [3.8, 4) is 17.2 Å². The molecule has 178 valence electrons. The fourth-order valence-electron chi connectivity index (χ4n) is 4.52. The summed E-state index contributed by atoms with van der Waals surface area (Å²) in [4.78, 5) is 6.82. The number of thiocarbonyl (C=S) groups is 1. The molecule has 1 saturated heterocycles. The maximum Gasteiger partial charge on any atom is 0.174 e. The summed E-state index contributed by atoms with van der Waals surface area (Å²) in [5.41, 5.74) is 3.13. The molecular weight excluding hydrogens is 456 g/mol. The Bertz CT molecular complexity index is 1290. The minimum Gasteiger partial charge on any atom is -0.497 e. The molecule has 35 heavy (non-hydrogen) atoms. The van der Waals surface area contributed by atoms with E-state index in [9.17, 15) is 0 Å². The van der Waals surface area contributed by atoms with Crippen molar-refractivity contribution in [2.45, 2.75) is 32.0 Å². The molecule has 1 aliphatic rings. The molecule has 2 aromatic heterocycles. The zero-order chi connectivity index (χ0) is 24.4. The quantitative estimate of drug-likeness (QED) is 0.305. The second kappa shape index (κ2) is 9.80. The number of benzene rings is 2. The molecule has 0 saturated carbocycles. The van der Waals surface area contributed by atoms with Crippen LogP contribution in [0.15, 0.2) is 91.3 Å². The first-order valence-electron chi connectivity index (χ1n) is 11.6. The van der Waals surface area contributed by atoms with Crippen LogP contribution < -0.4 is 19.7 Å². The molecule has 0 bridgehead atoms. The van der Waals surface area contributed by atoms with Crippen LogP contribution >= 0.6 is 12.2 Å². The van der Waals surface area contributed by atoms with Gasteiger partial charge in [0.1, 0.15) is 23.3 Å². The number of hydrogen-bond donors (Lipinski definition) is 1. The lowest BCUT2D eigenvalue weighted by Crippen LogP contribution is -2.30. The molecule has 0 amide bonds. The SMILES string of the molecule is COc1ccc(Oc2ccc(N3C(=S)N[C@@H](c4ccccn4)[C@@H]3c3cccn3C(C)C)cc2)cc1. The van der Waals surface area contributed by atoms with Gasteiger partial charge in [-0.25, -0.2) is 0 Å². The Labute approximate surface area is 211 Å². The highest BCUT2D eigenvalue weighted by atomic mass is 32.1. The van der Waals surface area contributed by atoms with Gasteiger partial charge in [0.25, 0.3) is 0 Å². The van der Waals surface area contributed by atoms with Gasteiger partial charge in [-0.05, 0) is 98.9 Å². The van der Waals surface area contributed by atoms with Crippen molar-refractivity contribution in [1.82, 2.24) is 14.9 Å². The largest absolute Gasteiger partial charge is 0.497 e. The fourth-order valence-corrected chi connectivity index (χ4v) is 4.86. The van der Waals surface area contributed by atoms with E-state index in [-0.39, 0.29) is 12.1 Å². The first kappa shape index (κ1) is 22.9. The third-order valence-electron chi connectivity index (χ3n) is 6.18. The number of nitrogens with zero attached hydrogens (tertiary/aromatic N) is 3. The van der Waals surface area contributed by atoms with Crippen molar-refractivity contribution in [3.05, 3.63) is 103 Å². The Balaban J connectivity index is 1.48. The molecule has 3 heterocycles. The van der Waals surface area contributed by atoms with Gasteiger partial charge >= 0.3 is 0 Å². The molecule has 0 aliphatic carbocycles. The summed E-state index contributed by atoms with van der Waals surface area (Å²) in [7, 11) is 1.65. The van der Waals surface area contributed by atoms with Crippen LogP contribution in [-0.2, 0) is 0 Å². The number of methoxy groups -OCH3 is 1. The van der Waals surface area contributed by atoms with Gasteiger partial charge < -0.3 is 24.3 Å². The smallest absolute Gasteiger partial charge is 0.174 e. The number of anilines is 1. The number of pyridine rings is 1. The predicted molar refractivity (Wildman–Crippen MR) is 142 cm³/mol. The Morgan fingerprint density at radius 2 is 1.57 bits per heavy atom. The van der Waals surface area contributed by atoms with Crippen molar-refractivity contribution in [2.24, 2.45) is 0 Å². The summed E-state index contributed by atoms with van der Waals surface area (Å²) in [6.45, 7) is 4.38. The van der Waals surface area contributed by atoms with E-state index in [1.54, 1.807) is 7.11 Å². The van der Waals surface area contributed by atoms with Gasteiger partial charge in [-0.15, -0.1) is 0 Å². The lowest BCUT2D eigenvalue weighted by molar-refractivity contribution is 0.413. The maximum atomic E-state index is 6.03. The van der Waals surface area contributed by atoms with E-state index in [1.807, 2.05) is 72.9 Å². The molecule has 0 radical (unpaired) electrons. The highest BCUT2D eigenvalue weighted by molar-refractivity contribution is 7.80. The monoisotopic (exact) mass is 484 g/mol. The lowest BCUT2D eigenvalue weighted by Gasteiger charge is -2.30. The summed E-state index contributed by atoms with van der Waals surface area (Å²) in [6.07, 6.45) is 3.95. The van der Waals surface area contributed by atoms with Crippen LogP contribution in [0.1, 0.15) is 43.4 Å². The van der Waals surface area contributed by atoms with E-state index >= 15 is 0 Å². The van der Waals surface area contributed by atoms with Gasteiger partial charge in [0.15, 0.2) is 5.11 Å². The van der Waals surface area contributed by atoms with Gasteiger partial charge in [0, 0.05) is 29.8 Å². The average molecular weight is 485 g/mol. The van der Waals surface area contributed by atoms with Crippen LogP contribution in [0, 0.1) is 0 Å². The third kappa shape index (κ3) is 4.59. The van der Waals surface area contributed by atoms with Crippen molar-refractivity contribution in [3.63, 3.8) is 0 Å². The van der Waals surface area contributed by atoms with Crippen LogP contribution in [0.4, 0.5) is 5.69 Å². The Hall–Kier alpha value is -3.84. The standard InChI is InChI=1S/C28H28N4O2S/c1-19(2)31-18-6-8-25(31)27-26(24-7-4-5-17-29-24)30-28(35)32(27)20-9-11-22(12-10-20)34-23-15-13-21(33-3)14-16-23/h4-19,26-27H,1-3H3,(H,30,35)/t26-,27-/m0/s1. The zero-order valence-corrected chi connectivity index (χ0v) is 20.8. The first-order chi connectivity index (χ1) is 17.0. The number of rotatable bonds is 7. The van der Waals surface area contributed by atoms with E-state index in [0.29, 0.717) is 11.2 Å². The molecule has 7 heteroatoms. The van der Waals surface area contributed by atoms with E-state index in [4.69, 9.17) is 21.7 Å². The number of nitrogens with one attached hydrogen (secondary N) is 1. The van der Waals surface area contributed by atoms with Gasteiger partial charge in [0.05, 0.1) is 18.8 Å². The van der Waals surface area contributed by atoms with Gasteiger partial charge in [-0.1, -0.05) is 6.07 Å². The summed E-state index contributed by atoms with van der Waals surface area (Å²) < 4.78 is 13.5. The molecule has 0 spiro atoms. The predicted octanol–water partition coefficient (Wildman–Crippen LogP) is 6.44. The Kier molecular flexibility index (Phi) is 6.42. The van der Waals surface area contributed by atoms with E-state index in [2.05, 4.69) is 51.9 Å². The Morgan fingerprint density at radius 3 is 2.20 bits per heavy atom. The second-order valence-corrected chi connectivity index (χ2v) is 9.09. The van der Waals surface area contributed by atoms with Crippen molar-refractivity contribution in [1.29, 1.82) is 0 Å². The van der Waals surface area contributed by atoms with Crippen molar-refractivity contribution < 1.29 is 9.47 Å². The lowest BCUT2D eigenvalue weighted by atomic mass is 10.0. The van der Waals surface area contributed by atoms with Crippen LogP contribution in [-0.4, -0.2) is 21.8 Å². The highest BCUT2D eigenvalue weighted by Gasteiger charge is 2.42. The zero-order valence-electron chi connectivity index (χ0n) is 20.0. The van der Waals surface area contributed by atoms with E-state index < -0.39 is 0 Å². The molecular formula is C28H28N4O2S. The average Bonchev–Trinajstić information content (AvgIpc) is 3.50. The van der Waals surface area contributed by atoms with E-state index in [0.717, 1.165) is 28.6 Å². The summed E-state index contributed by atoms with van der Waals surface area (Å²) in [5.74, 6) is 2.29. The molecule has 2 aromatic carbocycles. The van der Waals surface area contributed by atoms with Crippen LogP contribution in [0.25, 0.3) is 0 Å². The van der Waals surface area contributed by atoms with Gasteiger partial charge in [0.2, 0.25) is 0 Å². The summed E-state index contributed by atoms with van der Waals surface area (Å²) >= 11 is 5.86. The van der Waals surface area contributed by atoms with Crippen molar-refractivity contribution >= 4 is 23.0 Å². The molecule has 1 aliphatic heterocycles. The van der Waals surface area contributed by atoms with Crippen LogP contribution in [0.3, 0.4) is 0 Å². The van der Waals surface area contributed by atoms with Crippen LogP contribution in [0.2, 0.25) is 0 Å². The summed E-state index contributed by atoms with van der Waals surface area (Å²) in [5, 5.41) is 4.20. The van der Waals surface area contributed by atoms with Crippen LogP contribution in [0.5, 0.6) is 17.2 Å².